The lowest BCUT2D eigenvalue weighted by Crippen LogP contribution is -2.51. The van der Waals surface area contributed by atoms with E-state index in [1.165, 1.54) is 17.0 Å². The minimum absolute atomic E-state index is 0.0873. The van der Waals surface area contributed by atoms with Crippen LogP contribution in [0.1, 0.15) is 37.8 Å². The zero-order valence-electron chi connectivity index (χ0n) is 21.6. The fourth-order valence-electron chi connectivity index (χ4n) is 3.93. The largest absolute Gasteiger partial charge is 0.354 e. The number of sulfonamides is 1. The summed E-state index contributed by atoms with van der Waals surface area (Å²) in [5.41, 5.74) is 2.09. The van der Waals surface area contributed by atoms with Gasteiger partial charge in [0.1, 0.15) is 12.6 Å². The zero-order chi connectivity index (χ0) is 26.8. The van der Waals surface area contributed by atoms with Crippen LogP contribution in [0.2, 0.25) is 0 Å². The Morgan fingerprint density at radius 1 is 0.919 bits per heavy atom. The van der Waals surface area contributed by atoms with Crippen molar-refractivity contribution in [1.82, 2.24) is 10.2 Å². The average Bonchev–Trinajstić information content (AvgIpc) is 2.91. The second kappa shape index (κ2) is 13.1. The number of unbranched alkanes of at least 4 members (excludes halogenated alkanes) is 1. The Morgan fingerprint density at radius 3 is 2.19 bits per heavy atom. The molecule has 1 unspecified atom stereocenters. The van der Waals surface area contributed by atoms with Crippen molar-refractivity contribution in [2.75, 3.05) is 17.4 Å². The molecule has 0 bridgehead atoms. The molecule has 37 heavy (non-hydrogen) atoms. The van der Waals surface area contributed by atoms with Gasteiger partial charge in [-0.05, 0) is 55.7 Å². The molecule has 0 aliphatic heterocycles. The van der Waals surface area contributed by atoms with Crippen LogP contribution in [0, 0.1) is 6.92 Å². The van der Waals surface area contributed by atoms with Gasteiger partial charge in [-0.15, -0.1) is 0 Å². The minimum atomic E-state index is -4.05. The van der Waals surface area contributed by atoms with Gasteiger partial charge in [0, 0.05) is 13.1 Å². The summed E-state index contributed by atoms with van der Waals surface area (Å²) in [6, 6.07) is 23.6. The molecule has 0 aliphatic carbocycles. The van der Waals surface area contributed by atoms with Gasteiger partial charge in [0.25, 0.3) is 10.0 Å². The first kappa shape index (κ1) is 27.9. The number of carbonyl (C=O) groups excluding carboxylic acids is 2. The number of amides is 2. The van der Waals surface area contributed by atoms with E-state index in [-0.39, 0.29) is 17.3 Å². The van der Waals surface area contributed by atoms with Gasteiger partial charge < -0.3 is 10.2 Å². The molecule has 0 spiro atoms. The van der Waals surface area contributed by atoms with E-state index in [4.69, 9.17) is 0 Å². The van der Waals surface area contributed by atoms with Crippen LogP contribution in [-0.2, 0) is 26.2 Å². The third-order valence-corrected chi connectivity index (χ3v) is 7.88. The smallest absolute Gasteiger partial charge is 0.264 e. The Balaban J connectivity index is 1.97. The molecule has 196 valence electrons. The highest BCUT2D eigenvalue weighted by Crippen LogP contribution is 2.25. The zero-order valence-corrected chi connectivity index (χ0v) is 22.4. The summed E-state index contributed by atoms with van der Waals surface area (Å²) in [5, 5.41) is 2.89. The third kappa shape index (κ3) is 7.43. The lowest BCUT2D eigenvalue weighted by molar-refractivity contribution is -0.139. The molecule has 0 saturated carbocycles. The molecular formula is C29H35N3O4S. The molecule has 1 N–H and O–H groups in total. The minimum Gasteiger partial charge on any atom is -0.354 e. The lowest BCUT2D eigenvalue weighted by atomic mass is 10.1. The molecule has 0 aliphatic rings. The number of carbonyl (C=O) groups is 2. The summed E-state index contributed by atoms with van der Waals surface area (Å²) in [5.74, 6) is -0.742. The van der Waals surface area contributed by atoms with Crippen LogP contribution in [0.15, 0.2) is 89.8 Å². The van der Waals surface area contributed by atoms with Gasteiger partial charge in [0.05, 0.1) is 10.6 Å². The average molecular weight is 522 g/mol. The summed E-state index contributed by atoms with van der Waals surface area (Å²) in [7, 11) is -4.05. The van der Waals surface area contributed by atoms with E-state index in [9.17, 15) is 18.0 Å². The van der Waals surface area contributed by atoms with Gasteiger partial charge in [0.15, 0.2) is 0 Å². The molecule has 3 aromatic carbocycles. The molecular weight excluding hydrogens is 486 g/mol. The first-order valence-corrected chi connectivity index (χ1v) is 13.9. The number of nitrogens with one attached hydrogen (secondary N) is 1. The number of aryl methyl sites for hydroxylation is 1. The fourth-order valence-corrected chi connectivity index (χ4v) is 5.36. The predicted octanol–water partition coefficient (Wildman–Crippen LogP) is 4.52. The van der Waals surface area contributed by atoms with E-state index in [1.807, 2.05) is 50.2 Å². The number of hydrogen-bond acceptors (Lipinski definition) is 4. The van der Waals surface area contributed by atoms with Crippen molar-refractivity contribution in [3.8, 4) is 0 Å². The van der Waals surface area contributed by atoms with Crippen LogP contribution in [0.3, 0.4) is 0 Å². The maximum Gasteiger partial charge on any atom is 0.264 e. The van der Waals surface area contributed by atoms with Crippen molar-refractivity contribution < 1.29 is 18.0 Å². The van der Waals surface area contributed by atoms with Crippen LogP contribution >= 0.6 is 0 Å². The number of rotatable bonds is 12. The topological polar surface area (TPSA) is 86.8 Å². The van der Waals surface area contributed by atoms with Gasteiger partial charge in [-0.2, -0.15) is 0 Å². The molecule has 3 rings (SSSR count). The number of anilines is 1. The van der Waals surface area contributed by atoms with Gasteiger partial charge in [-0.25, -0.2) is 8.42 Å². The summed E-state index contributed by atoms with van der Waals surface area (Å²) < 4.78 is 28.6. The van der Waals surface area contributed by atoms with Gasteiger partial charge in [-0.1, -0.05) is 74.0 Å². The standard InChI is InChI=1S/C29H35N3O4S/c1-4-5-19-30-29(34)24(3)31(21-25-14-8-6-9-15-25)28(33)22-32(26-16-12-13-23(2)20-26)37(35,36)27-17-10-7-11-18-27/h6-18,20,24H,4-5,19,21-22H2,1-3H3,(H,30,34). The first-order valence-electron chi connectivity index (χ1n) is 12.5. The lowest BCUT2D eigenvalue weighted by Gasteiger charge is -2.32. The molecule has 0 aromatic heterocycles. The van der Waals surface area contributed by atoms with Crippen molar-refractivity contribution in [3.05, 3.63) is 96.1 Å². The quantitative estimate of drug-likeness (QED) is 0.355. The SMILES string of the molecule is CCCCNC(=O)C(C)N(Cc1ccccc1)C(=O)CN(c1cccc(C)c1)S(=O)(=O)c1ccccc1. The molecule has 1 atom stereocenters. The Hall–Kier alpha value is -3.65. The monoisotopic (exact) mass is 521 g/mol. The van der Waals surface area contributed by atoms with E-state index in [0.29, 0.717) is 12.2 Å². The fraction of sp³-hybridized carbons (Fsp3) is 0.310. The highest BCUT2D eigenvalue weighted by molar-refractivity contribution is 7.92. The van der Waals surface area contributed by atoms with Crippen molar-refractivity contribution in [2.24, 2.45) is 0 Å². The number of benzene rings is 3. The predicted molar refractivity (Wildman–Crippen MR) is 147 cm³/mol. The summed E-state index contributed by atoms with van der Waals surface area (Å²) in [6.07, 6.45) is 1.77. The van der Waals surface area contributed by atoms with Crippen molar-refractivity contribution in [2.45, 2.75) is 51.1 Å². The van der Waals surface area contributed by atoms with Crippen LogP contribution < -0.4 is 9.62 Å². The first-order chi connectivity index (χ1) is 17.7. The molecule has 2 amide bonds. The van der Waals surface area contributed by atoms with E-state index in [2.05, 4.69) is 5.32 Å². The molecule has 7 nitrogen and oxygen atoms in total. The van der Waals surface area contributed by atoms with E-state index >= 15 is 0 Å². The van der Waals surface area contributed by atoms with Gasteiger partial charge in [0.2, 0.25) is 11.8 Å². The molecule has 8 heteroatoms. The maximum atomic E-state index is 13.8. The van der Waals surface area contributed by atoms with Gasteiger partial charge >= 0.3 is 0 Å². The van der Waals surface area contributed by atoms with Crippen LogP contribution in [0.5, 0.6) is 0 Å². The summed E-state index contributed by atoms with van der Waals surface area (Å²) in [4.78, 5) is 28.3. The molecule has 0 radical (unpaired) electrons. The highest BCUT2D eigenvalue weighted by atomic mass is 32.2. The Kier molecular flexibility index (Phi) is 9.85. The van der Waals surface area contributed by atoms with Crippen LogP contribution in [-0.4, -0.2) is 44.3 Å². The van der Waals surface area contributed by atoms with Crippen molar-refractivity contribution in [1.29, 1.82) is 0 Å². The van der Waals surface area contributed by atoms with Crippen molar-refractivity contribution in [3.63, 3.8) is 0 Å². The van der Waals surface area contributed by atoms with Crippen LogP contribution in [0.25, 0.3) is 0 Å². The normalized spacial score (nSPS) is 12.0. The van der Waals surface area contributed by atoms with E-state index in [1.54, 1.807) is 43.3 Å². The van der Waals surface area contributed by atoms with Crippen LogP contribution in [0.4, 0.5) is 5.69 Å². The second-order valence-corrected chi connectivity index (χ2v) is 10.9. The second-order valence-electron chi connectivity index (χ2n) is 8.99. The summed E-state index contributed by atoms with van der Waals surface area (Å²) in [6.45, 7) is 5.82. The maximum absolute atomic E-state index is 13.8. The Labute approximate surface area is 220 Å². The Morgan fingerprint density at radius 2 is 1.57 bits per heavy atom. The number of hydrogen-bond donors (Lipinski definition) is 1. The van der Waals surface area contributed by atoms with E-state index < -0.39 is 28.5 Å². The summed E-state index contributed by atoms with van der Waals surface area (Å²) >= 11 is 0. The molecule has 0 saturated heterocycles. The molecule has 3 aromatic rings. The molecule has 0 fully saturated rings. The molecule has 0 heterocycles. The Bertz CT molecular complexity index is 1280. The number of nitrogens with zero attached hydrogens (tertiary/aromatic N) is 2. The van der Waals surface area contributed by atoms with Crippen molar-refractivity contribution >= 4 is 27.5 Å². The van der Waals surface area contributed by atoms with Gasteiger partial charge in [-0.3, -0.25) is 13.9 Å². The van der Waals surface area contributed by atoms with E-state index in [0.717, 1.165) is 28.3 Å². The highest BCUT2D eigenvalue weighted by Gasteiger charge is 2.32. The third-order valence-electron chi connectivity index (χ3n) is 6.09.